The average molecular weight is 455 g/mol. The minimum absolute atomic E-state index is 0.151. The molecule has 3 nitrogen and oxygen atoms in total. The number of aromatic amines is 2. The number of aromatic nitrogens is 2. The van der Waals surface area contributed by atoms with Crippen LogP contribution in [0.15, 0.2) is 109 Å². The van der Waals surface area contributed by atoms with Gasteiger partial charge in [-0.2, -0.15) is 0 Å². The summed E-state index contributed by atoms with van der Waals surface area (Å²) in [4.78, 5) is 7.40. The van der Waals surface area contributed by atoms with Crippen molar-refractivity contribution in [2.75, 3.05) is 7.11 Å². The summed E-state index contributed by atoms with van der Waals surface area (Å²) in [6.45, 7) is 0. The van der Waals surface area contributed by atoms with Crippen molar-refractivity contribution in [1.82, 2.24) is 9.97 Å². The highest BCUT2D eigenvalue weighted by atomic mass is 16.5. The molecule has 0 unspecified atom stereocenters. The lowest BCUT2D eigenvalue weighted by Gasteiger charge is -2.28. The highest BCUT2D eigenvalue weighted by molar-refractivity contribution is 5.90. The van der Waals surface area contributed by atoms with Crippen molar-refractivity contribution in [2.24, 2.45) is 0 Å². The number of hydrogen-bond donors (Lipinski definition) is 2. The maximum Gasteiger partial charge on any atom is 0.122 e. The third-order valence-corrected chi connectivity index (χ3v) is 7.73. The molecule has 3 heteroatoms. The van der Waals surface area contributed by atoms with Gasteiger partial charge in [-0.3, -0.25) is 0 Å². The summed E-state index contributed by atoms with van der Waals surface area (Å²) in [5, 5.41) is 2.57. The molecule has 7 rings (SSSR count). The van der Waals surface area contributed by atoms with Gasteiger partial charge in [-0.25, -0.2) is 0 Å². The first-order chi connectivity index (χ1) is 17.3. The van der Waals surface area contributed by atoms with Crippen LogP contribution in [0.1, 0.15) is 45.7 Å². The van der Waals surface area contributed by atoms with Gasteiger partial charge in [0.25, 0.3) is 0 Å². The lowest BCUT2D eigenvalue weighted by Crippen LogP contribution is -2.14. The molecular weight excluding hydrogens is 428 g/mol. The molecule has 0 saturated carbocycles. The van der Waals surface area contributed by atoms with Crippen LogP contribution in [0, 0.1) is 0 Å². The largest absolute Gasteiger partial charge is 0.496 e. The summed E-state index contributed by atoms with van der Waals surface area (Å²) in [6, 6.07) is 36.8. The highest BCUT2D eigenvalue weighted by Crippen LogP contribution is 2.60. The fraction of sp³-hybridized carbons (Fsp3) is 0.125. The number of fused-ring (bicyclic) bond motifs is 4. The molecule has 1 aliphatic rings. The molecule has 6 aromatic rings. The molecule has 2 heterocycles. The topological polar surface area (TPSA) is 40.8 Å². The van der Waals surface area contributed by atoms with Crippen LogP contribution < -0.4 is 4.74 Å². The van der Waals surface area contributed by atoms with E-state index in [0.29, 0.717) is 0 Å². The third-order valence-electron chi connectivity index (χ3n) is 7.73. The SMILES string of the molecule is COc1ccccc1[C@@H]1c2c([nH]c3ccccc23)[C@H](c2c[nH]c3ccccc23)[C@H]1c1ccccc1. The van der Waals surface area contributed by atoms with Gasteiger partial charge in [-0.15, -0.1) is 0 Å². The standard InChI is InChI=1S/C32H26N2O/c1-35-27-18-10-7-15-23(27)29-28(20-11-3-2-4-12-20)31(24-19-33-25-16-8-5-13-21(24)25)32-30(29)22-14-6-9-17-26(22)34-32/h2-19,28-29,31,33-34H,1H3/t28-,29-,31+/m0/s1. The van der Waals surface area contributed by atoms with Crippen molar-refractivity contribution in [3.8, 4) is 5.75 Å². The number of methoxy groups -OCH3 is 1. The van der Waals surface area contributed by atoms with Crippen molar-refractivity contribution < 1.29 is 4.74 Å². The van der Waals surface area contributed by atoms with Crippen molar-refractivity contribution in [2.45, 2.75) is 17.8 Å². The molecule has 2 aromatic heterocycles. The summed E-state index contributed by atoms with van der Waals surface area (Å²) in [5.74, 6) is 1.48. The van der Waals surface area contributed by atoms with Gasteiger partial charge in [-0.1, -0.05) is 84.9 Å². The van der Waals surface area contributed by atoms with Crippen LogP contribution in [0.2, 0.25) is 0 Å². The number of rotatable bonds is 4. The second kappa shape index (κ2) is 7.92. The molecule has 1 aliphatic carbocycles. The van der Waals surface area contributed by atoms with E-state index >= 15 is 0 Å². The number of para-hydroxylation sites is 3. The maximum atomic E-state index is 5.93. The molecule has 0 amide bonds. The van der Waals surface area contributed by atoms with Gasteiger partial charge < -0.3 is 14.7 Å². The zero-order chi connectivity index (χ0) is 23.4. The van der Waals surface area contributed by atoms with Gasteiger partial charge in [0.1, 0.15) is 5.75 Å². The molecule has 0 aliphatic heterocycles. The van der Waals surface area contributed by atoms with Gasteiger partial charge in [-0.05, 0) is 34.9 Å². The van der Waals surface area contributed by atoms with Crippen LogP contribution in [0.25, 0.3) is 21.8 Å². The summed E-state index contributed by atoms with van der Waals surface area (Å²) < 4.78 is 5.93. The highest BCUT2D eigenvalue weighted by Gasteiger charge is 2.46. The Morgan fingerprint density at radius 2 is 1.31 bits per heavy atom. The monoisotopic (exact) mass is 454 g/mol. The normalized spacial score (nSPS) is 19.3. The molecule has 4 aromatic carbocycles. The van der Waals surface area contributed by atoms with Crippen molar-refractivity contribution in [1.29, 1.82) is 0 Å². The van der Waals surface area contributed by atoms with Gasteiger partial charge in [0.2, 0.25) is 0 Å². The van der Waals surface area contributed by atoms with E-state index in [1.165, 1.54) is 49.8 Å². The molecule has 35 heavy (non-hydrogen) atoms. The molecule has 0 spiro atoms. The molecule has 2 N–H and O–H groups in total. The van der Waals surface area contributed by atoms with Crippen LogP contribution in [0.5, 0.6) is 5.75 Å². The van der Waals surface area contributed by atoms with E-state index in [4.69, 9.17) is 4.74 Å². The maximum absolute atomic E-state index is 5.93. The minimum Gasteiger partial charge on any atom is -0.496 e. The molecule has 0 fully saturated rings. The molecule has 0 saturated heterocycles. The van der Waals surface area contributed by atoms with E-state index in [9.17, 15) is 0 Å². The van der Waals surface area contributed by atoms with Crippen LogP contribution in [-0.2, 0) is 0 Å². The van der Waals surface area contributed by atoms with Gasteiger partial charge in [0.05, 0.1) is 7.11 Å². The van der Waals surface area contributed by atoms with Crippen LogP contribution in [0.4, 0.5) is 0 Å². The summed E-state index contributed by atoms with van der Waals surface area (Å²) in [7, 11) is 1.78. The smallest absolute Gasteiger partial charge is 0.122 e. The van der Waals surface area contributed by atoms with Crippen molar-refractivity contribution in [3.05, 3.63) is 137 Å². The zero-order valence-electron chi connectivity index (χ0n) is 19.5. The summed E-state index contributed by atoms with van der Waals surface area (Å²) >= 11 is 0. The lowest BCUT2D eigenvalue weighted by atomic mass is 9.75. The van der Waals surface area contributed by atoms with Crippen molar-refractivity contribution >= 4 is 21.8 Å². The Morgan fingerprint density at radius 1 is 0.629 bits per heavy atom. The Kier molecular flexibility index (Phi) is 4.56. The lowest BCUT2D eigenvalue weighted by molar-refractivity contribution is 0.405. The van der Waals surface area contributed by atoms with Gasteiger partial charge in [0, 0.05) is 57.0 Å². The van der Waals surface area contributed by atoms with Crippen molar-refractivity contribution in [3.63, 3.8) is 0 Å². The molecule has 0 radical (unpaired) electrons. The number of hydrogen-bond acceptors (Lipinski definition) is 1. The second-order valence-electron chi connectivity index (χ2n) is 9.42. The predicted octanol–water partition coefficient (Wildman–Crippen LogP) is 7.72. The second-order valence-corrected chi connectivity index (χ2v) is 9.42. The number of ether oxygens (including phenoxy) is 1. The van der Waals surface area contributed by atoms with E-state index < -0.39 is 0 Å². The van der Waals surface area contributed by atoms with E-state index in [2.05, 4.69) is 119 Å². The number of nitrogens with one attached hydrogen (secondary N) is 2. The summed E-state index contributed by atoms with van der Waals surface area (Å²) in [5.41, 5.74) is 8.96. The minimum atomic E-state index is 0.151. The molecule has 3 atom stereocenters. The Balaban J connectivity index is 1.58. The van der Waals surface area contributed by atoms with Crippen LogP contribution in [-0.4, -0.2) is 17.1 Å². The van der Waals surface area contributed by atoms with E-state index in [-0.39, 0.29) is 17.8 Å². The number of benzene rings is 4. The van der Waals surface area contributed by atoms with E-state index in [0.717, 1.165) is 5.75 Å². The van der Waals surface area contributed by atoms with Crippen LogP contribution in [0.3, 0.4) is 0 Å². The van der Waals surface area contributed by atoms with Gasteiger partial charge >= 0.3 is 0 Å². The zero-order valence-corrected chi connectivity index (χ0v) is 19.5. The average Bonchev–Trinajstić information content (AvgIpc) is 3.60. The first-order valence-electron chi connectivity index (χ1n) is 12.2. The number of H-pyrrole nitrogens is 2. The Labute approximate surface area is 204 Å². The predicted molar refractivity (Wildman–Crippen MR) is 142 cm³/mol. The van der Waals surface area contributed by atoms with Gasteiger partial charge in [0.15, 0.2) is 0 Å². The van der Waals surface area contributed by atoms with E-state index in [1.54, 1.807) is 7.11 Å². The molecule has 170 valence electrons. The molecular formula is C32H26N2O. The third kappa shape index (κ3) is 2.98. The van der Waals surface area contributed by atoms with Crippen LogP contribution >= 0.6 is 0 Å². The molecule has 0 bridgehead atoms. The first kappa shape index (κ1) is 20.2. The van der Waals surface area contributed by atoms with E-state index in [1.807, 2.05) is 0 Å². The quantitative estimate of drug-likeness (QED) is 0.281. The Hall–Kier alpha value is -4.24. The summed E-state index contributed by atoms with van der Waals surface area (Å²) in [6.07, 6.45) is 2.21. The first-order valence-corrected chi connectivity index (χ1v) is 12.2. The fourth-order valence-corrected chi connectivity index (χ4v) is 6.35. The Bertz CT molecular complexity index is 1660. The Morgan fingerprint density at radius 3 is 2.14 bits per heavy atom. The fourth-order valence-electron chi connectivity index (χ4n) is 6.35.